The summed E-state index contributed by atoms with van der Waals surface area (Å²) in [7, 11) is 0. The highest BCUT2D eigenvalue weighted by atomic mass is 19.1. The van der Waals surface area contributed by atoms with Gasteiger partial charge in [-0.2, -0.15) is 4.98 Å². The highest BCUT2D eigenvalue weighted by Gasteiger charge is 2.39. The number of anilines is 4. The number of rotatable bonds is 6. The molecule has 2 saturated heterocycles. The molecule has 0 aromatic carbocycles. The second kappa shape index (κ2) is 8.92. The highest BCUT2D eigenvalue weighted by Crippen LogP contribution is 2.34. The van der Waals surface area contributed by atoms with Crippen LogP contribution in [0.25, 0.3) is 10.8 Å². The molecule has 9 nitrogen and oxygen atoms in total. The Kier molecular flexibility index (Phi) is 5.95. The topological polar surface area (TPSA) is 111 Å². The zero-order valence-corrected chi connectivity index (χ0v) is 19.4. The first kappa shape index (κ1) is 22.7. The fraction of sp³-hybridized carbons (Fsp3) is 0.500. The number of piperidine rings is 1. The Bertz CT molecular complexity index is 1190. The predicted molar refractivity (Wildman–Crippen MR) is 129 cm³/mol. The first-order chi connectivity index (χ1) is 16.4. The van der Waals surface area contributed by atoms with Crippen LogP contribution in [0, 0.1) is 0 Å². The maximum Gasteiger partial charge on any atom is 0.227 e. The smallest absolute Gasteiger partial charge is 0.227 e. The van der Waals surface area contributed by atoms with Crippen LogP contribution in [0.1, 0.15) is 32.3 Å². The third kappa shape index (κ3) is 4.23. The van der Waals surface area contributed by atoms with E-state index >= 15 is 0 Å². The van der Waals surface area contributed by atoms with E-state index < -0.39 is 11.8 Å². The Morgan fingerprint density at radius 3 is 2.71 bits per heavy atom. The van der Waals surface area contributed by atoms with Crippen molar-refractivity contribution in [2.45, 2.75) is 50.9 Å². The van der Waals surface area contributed by atoms with Crippen LogP contribution < -0.4 is 15.1 Å². The van der Waals surface area contributed by atoms with Crippen LogP contribution in [0.5, 0.6) is 0 Å². The molecule has 34 heavy (non-hydrogen) atoms. The molecule has 0 bridgehead atoms. The van der Waals surface area contributed by atoms with Gasteiger partial charge in [0.2, 0.25) is 5.95 Å². The van der Waals surface area contributed by atoms with Crippen molar-refractivity contribution in [2.75, 3.05) is 41.4 Å². The van der Waals surface area contributed by atoms with E-state index in [9.17, 15) is 14.6 Å². The van der Waals surface area contributed by atoms with Crippen LogP contribution in [0.15, 0.2) is 30.7 Å². The van der Waals surface area contributed by atoms with Gasteiger partial charge in [-0.25, -0.2) is 19.3 Å². The number of alkyl halides is 1. The van der Waals surface area contributed by atoms with E-state index in [1.54, 1.807) is 17.2 Å². The van der Waals surface area contributed by atoms with Crippen molar-refractivity contribution in [3.05, 3.63) is 36.3 Å². The van der Waals surface area contributed by atoms with Gasteiger partial charge in [-0.3, -0.25) is 0 Å². The second-order valence-electron chi connectivity index (χ2n) is 9.40. The number of aromatic nitrogens is 4. The minimum atomic E-state index is -1.71. The molecule has 0 unspecified atom stereocenters. The van der Waals surface area contributed by atoms with Crippen molar-refractivity contribution in [3.63, 3.8) is 0 Å². The monoisotopic (exact) mass is 467 g/mol. The fourth-order valence-electron chi connectivity index (χ4n) is 4.63. The highest BCUT2D eigenvalue weighted by molar-refractivity contribution is 5.95. The zero-order valence-electron chi connectivity index (χ0n) is 19.4. The largest absolute Gasteiger partial charge is 0.396 e. The number of pyridine rings is 2. The zero-order chi connectivity index (χ0) is 23.9. The van der Waals surface area contributed by atoms with E-state index in [0.717, 1.165) is 35.1 Å². The van der Waals surface area contributed by atoms with Gasteiger partial charge < -0.3 is 25.3 Å². The van der Waals surface area contributed by atoms with Crippen molar-refractivity contribution < 1.29 is 14.6 Å². The Hall–Kier alpha value is -3.11. The number of halogens is 1. The summed E-state index contributed by atoms with van der Waals surface area (Å²) in [5.41, 5.74) is -0.759. The average Bonchev–Trinajstić information content (AvgIpc) is 2.81. The van der Waals surface area contributed by atoms with Crippen LogP contribution in [0.4, 0.5) is 27.8 Å². The summed E-state index contributed by atoms with van der Waals surface area (Å²) in [4.78, 5) is 22.1. The summed E-state index contributed by atoms with van der Waals surface area (Å²) in [6, 6.07) is 4.13. The molecule has 3 aromatic rings. The molecule has 2 aliphatic rings. The molecular formula is C24H30FN7O2. The van der Waals surface area contributed by atoms with Gasteiger partial charge in [0.15, 0.2) is 5.67 Å². The molecule has 5 heterocycles. The first-order valence-electron chi connectivity index (χ1n) is 11.7. The van der Waals surface area contributed by atoms with Gasteiger partial charge in [0, 0.05) is 49.7 Å². The van der Waals surface area contributed by atoms with Gasteiger partial charge in [-0.15, -0.1) is 0 Å². The Balaban J connectivity index is 1.43. The number of nitrogens with one attached hydrogen (secondary N) is 1. The standard InChI is InChI=1S/C24H30FN7O2/c1-15-4-9-32(15)22-18-13-27-21(11-17(18)16(6-10-33)12-28-22)29-20-3-7-26-23(30-20)31-8-5-19(34)24(2,25)14-31/h3,7,11-13,15,19,33-34H,4-6,8-10,14H2,1-2H3,(H,26,27,29,30)/t15-,19+,24-/m0/s1. The summed E-state index contributed by atoms with van der Waals surface area (Å²) in [5.74, 6) is 2.47. The van der Waals surface area contributed by atoms with E-state index in [1.165, 1.54) is 6.92 Å². The average molecular weight is 468 g/mol. The van der Waals surface area contributed by atoms with Gasteiger partial charge in [-0.05, 0) is 56.2 Å². The Morgan fingerprint density at radius 2 is 2.00 bits per heavy atom. The van der Waals surface area contributed by atoms with Crippen molar-refractivity contribution in [1.29, 1.82) is 0 Å². The third-order valence-electron chi connectivity index (χ3n) is 6.86. The van der Waals surface area contributed by atoms with Gasteiger partial charge in [0.05, 0.1) is 12.6 Å². The molecule has 0 spiro atoms. The lowest BCUT2D eigenvalue weighted by molar-refractivity contribution is -0.00860. The normalized spacial score (nSPS) is 24.9. The van der Waals surface area contributed by atoms with E-state index in [1.807, 2.05) is 18.5 Å². The van der Waals surface area contributed by atoms with Gasteiger partial charge >= 0.3 is 0 Å². The maximum atomic E-state index is 14.6. The SMILES string of the molecule is C[C@H]1CCN1c1ncc(CCO)c2cc(Nc3ccnc(N4CC[C@@H](O)[C@@](C)(F)C4)n3)ncc12. The summed E-state index contributed by atoms with van der Waals surface area (Å²) in [6.45, 7) is 5.10. The number of aliphatic hydroxyl groups excluding tert-OH is 2. The first-order valence-corrected chi connectivity index (χ1v) is 11.7. The molecule has 2 fully saturated rings. The lowest BCUT2D eigenvalue weighted by Crippen LogP contribution is -2.52. The minimum Gasteiger partial charge on any atom is -0.396 e. The van der Waals surface area contributed by atoms with E-state index in [0.29, 0.717) is 43.0 Å². The quantitative estimate of drug-likeness (QED) is 0.504. The molecule has 2 aliphatic heterocycles. The molecule has 0 aliphatic carbocycles. The van der Waals surface area contributed by atoms with E-state index in [-0.39, 0.29) is 13.2 Å². The number of fused-ring (bicyclic) bond motifs is 1. The van der Waals surface area contributed by atoms with Crippen molar-refractivity contribution >= 4 is 34.2 Å². The van der Waals surface area contributed by atoms with Gasteiger partial charge in [0.1, 0.15) is 17.5 Å². The van der Waals surface area contributed by atoms with Crippen LogP contribution in [0.2, 0.25) is 0 Å². The fourth-order valence-corrected chi connectivity index (χ4v) is 4.63. The molecule has 3 atom stereocenters. The Morgan fingerprint density at radius 1 is 1.15 bits per heavy atom. The van der Waals surface area contributed by atoms with E-state index in [2.05, 4.69) is 37.1 Å². The van der Waals surface area contributed by atoms with Crippen LogP contribution in [-0.2, 0) is 6.42 Å². The van der Waals surface area contributed by atoms with E-state index in [4.69, 9.17) is 0 Å². The predicted octanol–water partition coefficient (Wildman–Crippen LogP) is 2.60. The summed E-state index contributed by atoms with van der Waals surface area (Å²) in [6.07, 6.45) is 6.25. The number of aliphatic hydroxyl groups is 2. The summed E-state index contributed by atoms with van der Waals surface area (Å²) in [5, 5.41) is 24.6. The second-order valence-corrected chi connectivity index (χ2v) is 9.40. The van der Waals surface area contributed by atoms with Gasteiger partial charge in [-0.1, -0.05) is 0 Å². The molecule has 10 heteroatoms. The number of hydrogen-bond acceptors (Lipinski definition) is 9. The van der Waals surface area contributed by atoms with Crippen molar-refractivity contribution in [3.8, 4) is 0 Å². The van der Waals surface area contributed by atoms with Gasteiger partial charge in [0.25, 0.3) is 0 Å². The van der Waals surface area contributed by atoms with Crippen LogP contribution >= 0.6 is 0 Å². The molecule has 0 radical (unpaired) electrons. The van der Waals surface area contributed by atoms with Crippen LogP contribution in [-0.4, -0.2) is 74.2 Å². The van der Waals surface area contributed by atoms with Crippen molar-refractivity contribution in [1.82, 2.24) is 19.9 Å². The number of hydrogen-bond donors (Lipinski definition) is 3. The maximum absolute atomic E-state index is 14.6. The molecule has 0 amide bonds. The molecule has 3 aromatic heterocycles. The molecule has 180 valence electrons. The number of nitrogens with zero attached hydrogens (tertiary/aromatic N) is 6. The van der Waals surface area contributed by atoms with Crippen LogP contribution in [0.3, 0.4) is 0 Å². The third-order valence-corrected chi connectivity index (χ3v) is 6.86. The lowest BCUT2D eigenvalue weighted by atomic mass is 9.94. The minimum absolute atomic E-state index is 0.0288. The summed E-state index contributed by atoms with van der Waals surface area (Å²) >= 11 is 0. The summed E-state index contributed by atoms with van der Waals surface area (Å²) < 4.78 is 14.6. The molecule has 5 rings (SSSR count). The molecule has 3 N–H and O–H groups in total. The molecular weight excluding hydrogens is 437 g/mol. The lowest BCUT2D eigenvalue weighted by Gasteiger charge is -2.40. The van der Waals surface area contributed by atoms with Crippen molar-refractivity contribution in [2.24, 2.45) is 0 Å². The Labute approximate surface area is 197 Å². The molecule has 0 saturated carbocycles.